The lowest BCUT2D eigenvalue weighted by atomic mass is 10.1. The molecule has 1 aromatic carbocycles. The molecule has 0 saturated carbocycles. The molecule has 2 heterocycles. The molecule has 1 saturated heterocycles. The first-order chi connectivity index (χ1) is 13.3. The molecule has 0 radical (unpaired) electrons. The Kier molecular flexibility index (Phi) is 6.89. The van der Waals surface area contributed by atoms with Gasteiger partial charge in [0.15, 0.2) is 0 Å². The van der Waals surface area contributed by atoms with Crippen LogP contribution in [0.5, 0.6) is 0 Å². The van der Waals surface area contributed by atoms with E-state index >= 15 is 0 Å². The highest BCUT2D eigenvalue weighted by Gasteiger charge is 2.22. The van der Waals surface area contributed by atoms with Crippen LogP contribution in [-0.4, -0.2) is 71.9 Å². The third kappa shape index (κ3) is 5.42. The third-order valence-corrected chi connectivity index (χ3v) is 5.75. The fourth-order valence-corrected chi connectivity index (χ4v) is 4.17. The van der Waals surface area contributed by atoms with Crippen molar-refractivity contribution >= 4 is 23.2 Å². The van der Waals surface area contributed by atoms with Gasteiger partial charge in [0.1, 0.15) is 0 Å². The van der Waals surface area contributed by atoms with Crippen LogP contribution < -0.4 is 0 Å². The fraction of sp³-hybridized carbons (Fsp3) is 0.591. The number of nitrogens with zero attached hydrogens (tertiary/aromatic N) is 4. The minimum Gasteiger partial charge on any atom is -0.361 e. The number of rotatable bonds is 6. The SMILES string of the molecule is CC(=O)N1CCN(Cc2cc(Cl)cc(C3=CN(C)CN3CCC(C)C)c2)CC1. The zero-order valence-corrected chi connectivity index (χ0v) is 18.4. The summed E-state index contributed by atoms with van der Waals surface area (Å²) in [4.78, 5) is 20.5. The molecule has 0 unspecified atom stereocenters. The summed E-state index contributed by atoms with van der Waals surface area (Å²) in [6.45, 7) is 12.5. The lowest BCUT2D eigenvalue weighted by Gasteiger charge is -2.34. The number of hydrogen-bond donors (Lipinski definition) is 0. The molecule has 0 spiro atoms. The molecule has 1 fully saturated rings. The van der Waals surface area contributed by atoms with Crippen LogP contribution in [0.25, 0.3) is 5.70 Å². The quantitative estimate of drug-likeness (QED) is 0.725. The van der Waals surface area contributed by atoms with E-state index in [1.165, 1.54) is 23.2 Å². The number of halogens is 1. The summed E-state index contributed by atoms with van der Waals surface area (Å²) >= 11 is 6.49. The van der Waals surface area contributed by atoms with Crippen molar-refractivity contribution in [1.82, 2.24) is 19.6 Å². The lowest BCUT2D eigenvalue weighted by molar-refractivity contribution is -0.130. The van der Waals surface area contributed by atoms with Crippen LogP contribution >= 0.6 is 11.6 Å². The Bertz CT molecular complexity index is 725. The Morgan fingerprint density at radius 1 is 1.14 bits per heavy atom. The van der Waals surface area contributed by atoms with Gasteiger partial charge in [-0.2, -0.15) is 0 Å². The van der Waals surface area contributed by atoms with Crippen molar-refractivity contribution in [2.45, 2.75) is 33.7 Å². The summed E-state index contributed by atoms with van der Waals surface area (Å²) in [6, 6.07) is 6.42. The highest BCUT2D eigenvalue weighted by atomic mass is 35.5. The summed E-state index contributed by atoms with van der Waals surface area (Å²) in [5, 5.41) is 0.786. The van der Waals surface area contributed by atoms with Crippen molar-refractivity contribution in [1.29, 1.82) is 0 Å². The second-order valence-electron chi connectivity index (χ2n) is 8.49. The van der Waals surface area contributed by atoms with E-state index in [2.05, 4.69) is 60.0 Å². The van der Waals surface area contributed by atoms with Gasteiger partial charge in [-0.05, 0) is 36.1 Å². The number of hydrogen-bond acceptors (Lipinski definition) is 4. The van der Waals surface area contributed by atoms with E-state index in [1.54, 1.807) is 6.92 Å². The summed E-state index contributed by atoms with van der Waals surface area (Å²) in [5.74, 6) is 0.860. The third-order valence-electron chi connectivity index (χ3n) is 5.53. The highest BCUT2D eigenvalue weighted by molar-refractivity contribution is 6.30. The van der Waals surface area contributed by atoms with Gasteiger partial charge in [-0.1, -0.05) is 25.4 Å². The second-order valence-corrected chi connectivity index (χ2v) is 8.93. The zero-order valence-electron chi connectivity index (χ0n) is 17.6. The van der Waals surface area contributed by atoms with E-state index in [1.807, 2.05) is 4.90 Å². The van der Waals surface area contributed by atoms with Crippen LogP contribution in [0, 0.1) is 5.92 Å². The molecule has 0 N–H and O–H groups in total. The van der Waals surface area contributed by atoms with Crippen LogP contribution in [0.15, 0.2) is 24.4 Å². The molecule has 3 rings (SSSR count). The van der Waals surface area contributed by atoms with Gasteiger partial charge in [0.05, 0.1) is 12.4 Å². The molecule has 28 heavy (non-hydrogen) atoms. The summed E-state index contributed by atoms with van der Waals surface area (Å²) in [6.07, 6.45) is 3.40. The minimum atomic E-state index is 0.170. The number of carbonyl (C=O) groups excluding carboxylic acids is 1. The summed E-state index contributed by atoms with van der Waals surface area (Å²) in [5.41, 5.74) is 3.68. The Morgan fingerprint density at radius 2 is 1.86 bits per heavy atom. The van der Waals surface area contributed by atoms with Crippen molar-refractivity contribution in [3.63, 3.8) is 0 Å². The molecule has 1 amide bonds. The monoisotopic (exact) mass is 404 g/mol. The van der Waals surface area contributed by atoms with Crippen molar-refractivity contribution in [2.24, 2.45) is 5.92 Å². The van der Waals surface area contributed by atoms with Gasteiger partial charge in [0, 0.05) is 70.0 Å². The van der Waals surface area contributed by atoms with Crippen LogP contribution in [-0.2, 0) is 11.3 Å². The lowest BCUT2D eigenvalue weighted by Crippen LogP contribution is -2.47. The fourth-order valence-electron chi connectivity index (χ4n) is 3.91. The van der Waals surface area contributed by atoms with E-state index in [0.29, 0.717) is 5.92 Å². The number of carbonyl (C=O) groups is 1. The van der Waals surface area contributed by atoms with Crippen LogP contribution in [0.1, 0.15) is 38.3 Å². The predicted octanol–water partition coefficient (Wildman–Crippen LogP) is 3.55. The molecule has 5 nitrogen and oxygen atoms in total. The average Bonchev–Trinajstić information content (AvgIpc) is 3.01. The van der Waals surface area contributed by atoms with Gasteiger partial charge in [-0.25, -0.2) is 0 Å². The molecule has 6 heteroatoms. The molecule has 0 atom stereocenters. The number of piperazine rings is 1. The predicted molar refractivity (Wildman–Crippen MR) is 116 cm³/mol. The molecule has 2 aliphatic heterocycles. The number of amides is 1. The second kappa shape index (κ2) is 9.19. The molecular weight excluding hydrogens is 372 g/mol. The maximum atomic E-state index is 11.5. The minimum absolute atomic E-state index is 0.170. The highest BCUT2D eigenvalue weighted by Crippen LogP contribution is 2.29. The Morgan fingerprint density at radius 3 is 2.50 bits per heavy atom. The average molecular weight is 405 g/mol. The standard InChI is InChI=1S/C22H33ClN4O/c1-17(2)5-6-27-16-24(4)15-22(27)20-11-19(12-21(23)13-20)14-25-7-9-26(10-8-25)18(3)28/h11-13,15,17H,5-10,14,16H2,1-4H3. The Hall–Kier alpha value is -1.72. The van der Waals surface area contributed by atoms with E-state index in [-0.39, 0.29) is 5.91 Å². The first-order valence-electron chi connectivity index (χ1n) is 10.3. The molecule has 1 aromatic rings. The Balaban J connectivity index is 1.71. The van der Waals surface area contributed by atoms with Crippen LogP contribution in [0.4, 0.5) is 0 Å². The summed E-state index contributed by atoms with van der Waals surface area (Å²) < 4.78 is 0. The van der Waals surface area contributed by atoms with E-state index < -0.39 is 0 Å². The van der Waals surface area contributed by atoms with Gasteiger partial charge >= 0.3 is 0 Å². The Labute approximate surface area is 174 Å². The maximum Gasteiger partial charge on any atom is 0.219 e. The maximum absolute atomic E-state index is 11.5. The molecule has 0 aliphatic carbocycles. The van der Waals surface area contributed by atoms with Gasteiger partial charge < -0.3 is 14.7 Å². The van der Waals surface area contributed by atoms with Gasteiger partial charge in [-0.3, -0.25) is 9.69 Å². The molecule has 2 aliphatic rings. The first-order valence-corrected chi connectivity index (χ1v) is 10.6. The first kappa shape index (κ1) is 21.0. The molecule has 154 valence electrons. The molecule has 0 aromatic heterocycles. The smallest absolute Gasteiger partial charge is 0.219 e. The number of benzene rings is 1. The van der Waals surface area contributed by atoms with Crippen molar-refractivity contribution in [2.75, 3.05) is 46.4 Å². The van der Waals surface area contributed by atoms with E-state index in [4.69, 9.17) is 11.6 Å². The van der Waals surface area contributed by atoms with Gasteiger partial charge in [0.25, 0.3) is 0 Å². The van der Waals surface area contributed by atoms with Crippen molar-refractivity contribution in [3.8, 4) is 0 Å². The van der Waals surface area contributed by atoms with Crippen molar-refractivity contribution < 1.29 is 4.79 Å². The van der Waals surface area contributed by atoms with Crippen molar-refractivity contribution in [3.05, 3.63) is 40.5 Å². The zero-order chi connectivity index (χ0) is 20.3. The normalized spacial score (nSPS) is 18.2. The molecule has 0 bridgehead atoms. The van der Waals surface area contributed by atoms with Crippen LogP contribution in [0.3, 0.4) is 0 Å². The van der Waals surface area contributed by atoms with Gasteiger partial charge in [-0.15, -0.1) is 0 Å². The van der Waals surface area contributed by atoms with Crippen LogP contribution in [0.2, 0.25) is 5.02 Å². The van der Waals surface area contributed by atoms with Gasteiger partial charge in [0.2, 0.25) is 5.91 Å². The molecular formula is C22H33ClN4O. The topological polar surface area (TPSA) is 30.0 Å². The van der Waals surface area contributed by atoms with E-state index in [9.17, 15) is 4.79 Å². The van der Waals surface area contributed by atoms with E-state index in [0.717, 1.165) is 51.0 Å². The summed E-state index contributed by atoms with van der Waals surface area (Å²) in [7, 11) is 2.12. The largest absolute Gasteiger partial charge is 0.361 e.